The van der Waals surface area contributed by atoms with Gasteiger partial charge in [-0.25, -0.2) is 0 Å². The number of alkyl halides is 1. The van der Waals surface area contributed by atoms with E-state index in [4.69, 9.17) is 23.7 Å². The van der Waals surface area contributed by atoms with Gasteiger partial charge in [0.2, 0.25) is 5.75 Å². The van der Waals surface area contributed by atoms with Crippen molar-refractivity contribution < 1.29 is 23.7 Å². The molecule has 0 radical (unpaired) electrons. The maximum absolute atomic E-state index is 5.73. The second-order valence-corrected chi connectivity index (χ2v) is 4.83. The molecule has 0 aliphatic heterocycles. The average molecular weight is 363 g/mol. The summed E-state index contributed by atoms with van der Waals surface area (Å²) in [6.45, 7) is 2.31. The Labute approximate surface area is 134 Å². The van der Waals surface area contributed by atoms with Gasteiger partial charge in [-0.1, -0.05) is 15.9 Å². The highest BCUT2D eigenvalue weighted by Gasteiger charge is 2.13. The van der Waals surface area contributed by atoms with Crippen LogP contribution >= 0.6 is 15.9 Å². The molecule has 0 bridgehead atoms. The zero-order valence-electron chi connectivity index (χ0n) is 12.8. The van der Waals surface area contributed by atoms with Gasteiger partial charge >= 0.3 is 0 Å². The molecule has 0 fully saturated rings. The van der Waals surface area contributed by atoms with E-state index >= 15 is 0 Å². The van der Waals surface area contributed by atoms with Gasteiger partial charge in [-0.3, -0.25) is 0 Å². The minimum Gasteiger partial charge on any atom is -0.493 e. The van der Waals surface area contributed by atoms with Crippen molar-refractivity contribution in [2.24, 2.45) is 0 Å². The number of benzene rings is 1. The van der Waals surface area contributed by atoms with Crippen LogP contribution in [0, 0.1) is 0 Å². The number of hydrogen-bond acceptors (Lipinski definition) is 5. The monoisotopic (exact) mass is 362 g/mol. The molecule has 6 heteroatoms. The van der Waals surface area contributed by atoms with Crippen LogP contribution in [0.5, 0.6) is 17.2 Å². The molecule has 0 heterocycles. The van der Waals surface area contributed by atoms with Crippen LogP contribution < -0.4 is 14.2 Å². The highest BCUT2D eigenvalue weighted by Crippen LogP contribution is 2.39. The molecule has 1 rings (SSSR count). The van der Waals surface area contributed by atoms with Gasteiger partial charge in [0.05, 0.1) is 20.8 Å². The van der Waals surface area contributed by atoms with E-state index in [1.54, 1.807) is 21.3 Å². The van der Waals surface area contributed by atoms with Crippen molar-refractivity contribution in [2.45, 2.75) is 11.8 Å². The predicted molar refractivity (Wildman–Crippen MR) is 85.0 cm³/mol. The Bertz CT molecular complexity index is 386. The molecule has 0 aliphatic carbocycles. The molecule has 120 valence electrons. The maximum atomic E-state index is 5.73. The fraction of sp³-hybridized carbons (Fsp3) is 0.600. The maximum Gasteiger partial charge on any atom is 0.203 e. The zero-order chi connectivity index (χ0) is 15.5. The van der Waals surface area contributed by atoms with Crippen molar-refractivity contribution in [1.29, 1.82) is 0 Å². The lowest BCUT2D eigenvalue weighted by Crippen LogP contribution is -2.10. The Hall–Kier alpha value is -0.980. The zero-order valence-corrected chi connectivity index (χ0v) is 14.4. The summed E-state index contributed by atoms with van der Waals surface area (Å²) in [5.74, 6) is 1.91. The van der Waals surface area contributed by atoms with Crippen molar-refractivity contribution in [1.82, 2.24) is 0 Å². The highest BCUT2D eigenvalue weighted by atomic mass is 79.9. The first-order valence-corrected chi connectivity index (χ1v) is 7.89. The van der Waals surface area contributed by atoms with Crippen LogP contribution in [0.4, 0.5) is 0 Å². The minimum absolute atomic E-state index is 0.438. The molecule has 21 heavy (non-hydrogen) atoms. The minimum atomic E-state index is 0.438. The molecule has 0 aliphatic rings. The normalized spacial score (nSPS) is 10.5. The Balaban J connectivity index is 2.53. The molecule has 0 atom stereocenters. The lowest BCUT2D eigenvalue weighted by Gasteiger charge is -2.15. The van der Waals surface area contributed by atoms with Crippen LogP contribution in [0.1, 0.15) is 12.0 Å². The molecule has 5 nitrogen and oxygen atoms in total. The lowest BCUT2D eigenvalue weighted by atomic mass is 10.2. The quantitative estimate of drug-likeness (QED) is 0.447. The summed E-state index contributed by atoms with van der Waals surface area (Å²) >= 11 is 3.42. The molecule has 1 aromatic rings. The smallest absolute Gasteiger partial charge is 0.203 e. The summed E-state index contributed by atoms with van der Waals surface area (Å²) in [6, 6.07) is 3.85. The predicted octanol–water partition coefficient (Wildman–Crippen LogP) is 3.03. The molecule has 0 saturated carbocycles. The van der Waals surface area contributed by atoms with Crippen LogP contribution in [0.3, 0.4) is 0 Å². The summed E-state index contributed by atoms with van der Waals surface area (Å²) in [7, 11) is 4.90. The highest BCUT2D eigenvalue weighted by molar-refractivity contribution is 9.08. The van der Waals surface area contributed by atoms with Crippen LogP contribution in [-0.2, 0) is 14.8 Å². The van der Waals surface area contributed by atoms with E-state index in [2.05, 4.69) is 15.9 Å². The molecule has 0 unspecified atom stereocenters. The fourth-order valence-corrected chi connectivity index (χ4v) is 2.09. The van der Waals surface area contributed by atoms with Gasteiger partial charge < -0.3 is 23.7 Å². The third kappa shape index (κ3) is 6.11. The largest absolute Gasteiger partial charge is 0.493 e. The summed E-state index contributed by atoms with van der Waals surface area (Å²) < 4.78 is 26.9. The van der Waals surface area contributed by atoms with Gasteiger partial charge in [0.1, 0.15) is 6.61 Å². The van der Waals surface area contributed by atoms with Crippen LogP contribution in [-0.4, -0.2) is 47.8 Å². The van der Waals surface area contributed by atoms with Gasteiger partial charge in [0.25, 0.3) is 0 Å². The number of halogens is 1. The first-order chi connectivity index (χ1) is 10.3. The average Bonchev–Trinajstić information content (AvgIpc) is 2.53. The number of ether oxygens (including phenoxy) is 5. The summed E-state index contributed by atoms with van der Waals surface area (Å²) in [4.78, 5) is 0. The second-order valence-electron chi connectivity index (χ2n) is 4.27. The van der Waals surface area contributed by atoms with E-state index in [0.29, 0.717) is 43.7 Å². The van der Waals surface area contributed by atoms with Crippen molar-refractivity contribution in [2.75, 3.05) is 47.8 Å². The second kappa shape index (κ2) is 10.7. The molecule has 0 amide bonds. The topological polar surface area (TPSA) is 46.2 Å². The van der Waals surface area contributed by atoms with Crippen LogP contribution in [0.2, 0.25) is 0 Å². The van der Waals surface area contributed by atoms with Crippen LogP contribution in [0.25, 0.3) is 0 Å². The standard InChI is InChI=1S/C15H23BrO5/c1-17-5-4-6-20-7-8-21-15-13(18-2)9-12(11-16)10-14(15)19-3/h9-10H,4-8,11H2,1-3H3. The van der Waals surface area contributed by atoms with Gasteiger partial charge in [-0.2, -0.15) is 0 Å². The molecule has 0 N–H and O–H groups in total. The van der Waals surface area contributed by atoms with Crippen molar-refractivity contribution >= 4 is 15.9 Å². The number of hydrogen-bond donors (Lipinski definition) is 0. The molecular formula is C15H23BrO5. The van der Waals surface area contributed by atoms with Crippen molar-refractivity contribution in [3.05, 3.63) is 17.7 Å². The van der Waals surface area contributed by atoms with E-state index in [0.717, 1.165) is 17.3 Å². The summed E-state index contributed by atoms with van der Waals surface area (Å²) in [6.07, 6.45) is 0.878. The van der Waals surface area contributed by atoms with Gasteiger partial charge in [-0.15, -0.1) is 0 Å². The Morgan fingerprint density at radius 1 is 0.905 bits per heavy atom. The Kier molecular flexibility index (Phi) is 9.21. The molecule has 1 aromatic carbocycles. The Morgan fingerprint density at radius 3 is 2.10 bits per heavy atom. The third-order valence-corrected chi connectivity index (χ3v) is 3.43. The molecule has 0 spiro atoms. The molecule has 0 saturated heterocycles. The third-order valence-electron chi connectivity index (χ3n) is 2.79. The van der Waals surface area contributed by atoms with E-state index < -0.39 is 0 Å². The molecule has 0 aromatic heterocycles. The number of rotatable bonds is 11. The number of methoxy groups -OCH3 is 3. The Morgan fingerprint density at radius 2 is 1.57 bits per heavy atom. The fourth-order valence-electron chi connectivity index (χ4n) is 1.76. The van der Waals surface area contributed by atoms with Crippen molar-refractivity contribution in [3.63, 3.8) is 0 Å². The summed E-state index contributed by atoms with van der Waals surface area (Å²) in [5, 5.41) is 0.725. The first-order valence-electron chi connectivity index (χ1n) is 6.77. The van der Waals surface area contributed by atoms with Gasteiger partial charge in [-0.05, 0) is 24.1 Å². The SMILES string of the molecule is COCCCOCCOc1c(OC)cc(CBr)cc1OC. The van der Waals surface area contributed by atoms with Crippen LogP contribution in [0.15, 0.2) is 12.1 Å². The lowest BCUT2D eigenvalue weighted by molar-refractivity contribution is 0.0792. The van der Waals surface area contributed by atoms with Crippen molar-refractivity contribution in [3.8, 4) is 17.2 Å². The van der Waals surface area contributed by atoms with E-state index in [-0.39, 0.29) is 0 Å². The van der Waals surface area contributed by atoms with E-state index in [1.165, 1.54) is 0 Å². The van der Waals surface area contributed by atoms with Gasteiger partial charge in [0, 0.05) is 25.7 Å². The van der Waals surface area contributed by atoms with E-state index in [9.17, 15) is 0 Å². The van der Waals surface area contributed by atoms with Gasteiger partial charge in [0.15, 0.2) is 11.5 Å². The first kappa shape index (κ1) is 18.1. The summed E-state index contributed by atoms with van der Waals surface area (Å²) in [5.41, 5.74) is 1.06. The molecular weight excluding hydrogens is 340 g/mol. The van der Waals surface area contributed by atoms with E-state index in [1.807, 2.05) is 12.1 Å².